The lowest BCUT2D eigenvalue weighted by molar-refractivity contribution is -0.137. The van der Waals surface area contributed by atoms with E-state index >= 15 is 0 Å². The molecule has 1 N–H and O–H groups in total. The Morgan fingerprint density at radius 2 is 1.87 bits per heavy atom. The van der Waals surface area contributed by atoms with Crippen LogP contribution >= 0.6 is 0 Å². The lowest BCUT2D eigenvalue weighted by atomic mass is 10.2. The molecule has 1 aromatic carbocycles. The second-order valence-electron chi connectivity index (χ2n) is 5.78. The molecule has 0 unspecified atom stereocenters. The molecule has 0 aliphatic carbocycles. The number of carbonyl (C=O) groups is 3. The van der Waals surface area contributed by atoms with Gasteiger partial charge >= 0.3 is 0 Å². The Kier molecular flexibility index (Phi) is 5.73. The lowest BCUT2D eigenvalue weighted by Crippen LogP contribution is -2.52. The summed E-state index contributed by atoms with van der Waals surface area (Å²) in [5.74, 6) is -0.193. The highest BCUT2D eigenvalue weighted by molar-refractivity contribution is 5.97. The van der Waals surface area contributed by atoms with Crippen LogP contribution in [0.15, 0.2) is 24.3 Å². The normalized spacial score (nSPS) is 14.8. The van der Waals surface area contributed by atoms with Crippen molar-refractivity contribution in [1.82, 2.24) is 10.2 Å². The van der Waals surface area contributed by atoms with Gasteiger partial charge in [-0.25, -0.2) is 0 Å². The molecule has 1 aromatic rings. The van der Waals surface area contributed by atoms with Crippen LogP contribution in [0, 0.1) is 6.92 Å². The molecule has 0 bridgehead atoms. The second kappa shape index (κ2) is 7.76. The molecule has 124 valence electrons. The molecular weight excluding hydrogens is 294 g/mol. The highest BCUT2D eigenvalue weighted by Crippen LogP contribution is 2.18. The molecule has 6 heteroatoms. The Morgan fingerprint density at radius 3 is 2.48 bits per heavy atom. The maximum atomic E-state index is 12.3. The average Bonchev–Trinajstić information content (AvgIpc) is 2.52. The maximum absolute atomic E-state index is 12.3. The lowest BCUT2D eigenvalue weighted by Gasteiger charge is -2.34. The number of nitrogens with zero attached hydrogens (tertiary/aromatic N) is 2. The number of hydrogen-bond donors (Lipinski definition) is 1. The molecule has 1 aliphatic rings. The van der Waals surface area contributed by atoms with Gasteiger partial charge in [0.05, 0.1) is 0 Å². The summed E-state index contributed by atoms with van der Waals surface area (Å²) in [6.45, 7) is 5.11. The summed E-state index contributed by atoms with van der Waals surface area (Å²) in [4.78, 5) is 38.5. The van der Waals surface area contributed by atoms with E-state index in [-0.39, 0.29) is 24.3 Å². The summed E-state index contributed by atoms with van der Waals surface area (Å²) in [7, 11) is 0. The van der Waals surface area contributed by atoms with Crippen LogP contribution in [0.4, 0.5) is 5.69 Å². The number of piperazine rings is 1. The number of anilines is 1. The number of amides is 3. The van der Waals surface area contributed by atoms with Crippen molar-refractivity contribution >= 4 is 23.4 Å². The number of aryl methyl sites for hydroxylation is 1. The molecule has 0 atom stereocenters. The minimum Gasteiger partial charge on any atom is -0.356 e. The fourth-order valence-corrected chi connectivity index (χ4v) is 2.55. The van der Waals surface area contributed by atoms with Gasteiger partial charge in [-0.2, -0.15) is 0 Å². The fourth-order valence-electron chi connectivity index (χ4n) is 2.55. The third kappa shape index (κ3) is 4.81. The van der Waals surface area contributed by atoms with Gasteiger partial charge in [-0.1, -0.05) is 17.7 Å². The van der Waals surface area contributed by atoms with Crippen molar-refractivity contribution < 1.29 is 14.4 Å². The average molecular weight is 317 g/mol. The van der Waals surface area contributed by atoms with Gasteiger partial charge in [0.2, 0.25) is 17.7 Å². The third-order valence-electron chi connectivity index (χ3n) is 3.86. The van der Waals surface area contributed by atoms with Gasteiger partial charge < -0.3 is 15.1 Å². The zero-order valence-electron chi connectivity index (χ0n) is 13.7. The summed E-state index contributed by atoms with van der Waals surface area (Å²) in [6.07, 6.45) is 0.933. The Labute approximate surface area is 136 Å². The van der Waals surface area contributed by atoms with Crippen molar-refractivity contribution in [2.24, 2.45) is 0 Å². The Hall–Kier alpha value is -2.37. The summed E-state index contributed by atoms with van der Waals surface area (Å²) in [5, 5.41) is 2.66. The van der Waals surface area contributed by atoms with E-state index in [4.69, 9.17) is 0 Å². The summed E-state index contributed by atoms with van der Waals surface area (Å²) >= 11 is 0. The third-order valence-corrected chi connectivity index (χ3v) is 3.86. The van der Waals surface area contributed by atoms with Crippen molar-refractivity contribution in [2.75, 3.05) is 31.1 Å². The molecule has 1 saturated heterocycles. The van der Waals surface area contributed by atoms with E-state index in [0.29, 0.717) is 32.5 Å². The summed E-state index contributed by atoms with van der Waals surface area (Å²) < 4.78 is 0. The molecular formula is C17H23N3O3. The van der Waals surface area contributed by atoms with Gasteiger partial charge in [0, 0.05) is 38.7 Å². The molecule has 23 heavy (non-hydrogen) atoms. The van der Waals surface area contributed by atoms with E-state index in [9.17, 15) is 14.4 Å². The Bertz CT molecular complexity index is 583. The van der Waals surface area contributed by atoms with Gasteiger partial charge in [0.25, 0.3) is 0 Å². The first kappa shape index (κ1) is 17.0. The molecule has 6 nitrogen and oxygen atoms in total. The Balaban J connectivity index is 1.83. The largest absolute Gasteiger partial charge is 0.356 e. The van der Waals surface area contributed by atoms with Crippen LogP contribution in [0.3, 0.4) is 0 Å². The maximum Gasteiger partial charge on any atom is 0.246 e. The molecule has 0 radical (unpaired) electrons. The van der Waals surface area contributed by atoms with Crippen LogP contribution in [-0.2, 0) is 14.4 Å². The van der Waals surface area contributed by atoms with E-state index < -0.39 is 0 Å². The van der Waals surface area contributed by atoms with Crippen LogP contribution in [0.25, 0.3) is 0 Å². The van der Waals surface area contributed by atoms with Crippen molar-refractivity contribution in [2.45, 2.75) is 26.7 Å². The van der Waals surface area contributed by atoms with E-state index in [1.165, 1.54) is 6.92 Å². The van der Waals surface area contributed by atoms with Gasteiger partial charge in [-0.3, -0.25) is 14.4 Å². The zero-order valence-corrected chi connectivity index (χ0v) is 13.7. The molecule has 1 aliphatic heterocycles. The monoisotopic (exact) mass is 317 g/mol. The van der Waals surface area contributed by atoms with Gasteiger partial charge in [-0.05, 0) is 25.5 Å². The highest BCUT2D eigenvalue weighted by atomic mass is 16.2. The predicted octanol–water partition coefficient (Wildman–Crippen LogP) is 1.09. The molecule has 3 amide bonds. The molecule has 1 fully saturated rings. The minimum atomic E-state index is -0.0978. The van der Waals surface area contributed by atoms with E-state index in [0.717, 1.165) is 11.3 Å². The molecule has 2 rings (SSSR count). The Morgan fingerprint density at radius 1 is 1.17 bits per heavy atom. The van der Waals surface area contributed by atoms with E-state index in [1.807, 2.05) is 31.2 Å². The number of benzene rings is 1. The number of nitrogens with one attached hydrogen (secondary N) is 1. The highest BCUT2D eigenvalue weighted by Gasteiger charge is 2.27. The summed E-state index contributed by atoms with van der Waals surface area (Å²) in [6, 6.07) is 7.81. The second-order valence-corrected chi connectivity index (χ2v) is 5.78. The van der Waals surface area contributed by atoms with Crippen molar-refractivity contribution in [3.05, 3.63) is 29.8 Å². The van der Waals surface area contributed by atoms with Crippen LogP contribution in [-0.4, -0.2) is 48.8 Å². The molecule has 0 saturated carbocycles. The molecule has 0 aromatic heterocycles. The van der Waals surface area contributed by atoms with Crippen LogP contribution in [0.2, 0.25) is 0 Å². The standard InChI is InChI=1S/C17H23N3O3/c1-13-5-7-15(8-6-13)20-11-10-19(12-17(20)23)16(22)4-3-9-18-14(2)21/h5-8H,3-4,9-12H2,1-2H3,(H,18,21). The SMILES string of the molecule is CC(=O)NCCCC(=O)N1CCN(c2ccc(C)cc2)C(=O)C1. The van der Waals surface area contributed by atoms with Gasteiger partial charge in [-0.15, -0.1) is 0 Å². The quantitative estimate of drug-likeness (QED) is 0.827. The first-order valence-corrected chi connectivity index (χ1v) is 7.86. The number of carbonyl (C=O) groups excluding carboxylic acids is 3. The van der Waals surface area contributed by atoms with Crippen molar-refractivity contribution in [3.8, 4) is 0 Å². The first-order chi connectivity index (χ1) is 11.0. The van der Waals surface area contributed by atoms with Crippen LogP contribution in [0.5, 0.6) is 0 Å². The molecule has 1 heterocycles. The van der Waals surface area contributed by atoms with Crippen LogP contribution in [0.1, 0.15) is 25.3 Å². The number of hydrogen-bond acceptors (Lipinski definition) is 3. The zero-order chi connectivity index (χ0) is 16.8. The van der Waals surface area contributed by atoms with Gasteiger partial charge in [0.15, 0.2) is 0 Å². The fraction of sp³-hybridized carbons (Fsp3) is 0.471. The van der Waals surface area contributed by atoms with Crippen LogP contribution < -0.4 is 10.2 Å². The summed E-state index contributed by atoms with van der Waals surface area (Å²) in [5.41, 5.74) is 2.02. The number of rotatable bonds is 5. The predicted molar refractivity (Wildman–Crippen MR) is 88.0 cm³/mol. The van der Waals surface area contributed by atoms with Crippen molar-refractivity contribution in [3.63, 3.8) is 0 Å². The topological polar surface area (TPSA) is 69.7 Å². The van der Waals surface area contributed by atoms with E-state index in [2.05, 4.69) is 5.32 Å². The minimum absolute atomic E-state index is 0.0349. The van der Waals surface area contributed by atoms with E-state index in [1.54, 1.807) is 9.80 Å². The molecule has 0 spiro atoms. The van der Waals surface area contributed by atoms with Gasteiger partial charge in [0.1, 0.15) is 6.54 Å². The van der Waals surface area contributed by atoms with Crippen molar-refractivity contribution in [1.29, 1.82) is 0 Å². The first-order valence-electron chi connectivity index (χ1n) is 7.86. The smallest absolute Gasteiger partial charge is 0.246 e.